The minimum Gasteiger partial charge on any atom is -0.491 e. The minimum atomic E-state index is 0.00921. The molecule has 0 spiro atoms. The van der Waals surface area contributed by atoms with Crippen LogP contribution in [0.5, 0.6) is 5.75 Å². The lowest BCUT2D eigenvalue weighted by molar-refractivity contribution is 0.145. The van der Waals surface area contributed by atoms with Crippen LogP contribution in [0.3, 0.4) is 0 Å². The number of nitrogens with one attached hydrogen (secondary N) is 1. The normalized spacial score (nSPS) is 12.3. The van der Waals surface area contributed by atoms with Gasteiger partial charge in [-0.05, 0) is 19.2 Å². The Kier molecular flexibility index (Phi) is 5.15. The van der Waals surface area contributed by atoms with E-state index in [2.05, 4.69) is 16.5 Å². The summed E-state index contributed by atoms with van der Waals surface area (Å²) in [5.41, 5.74) is 2.04. The van der Waals surface area contributed by atoms with Crippen molar-refractivity contribution in [1.82, 2.24) is 15.1 Å². The Bertz CT molecular complexity index is 539. The second-order valence-corrected chi connectivity index (χ2v) is 4.52. The average molecular weight is 275 g/mol. The highest BCUT2D eigenvalue weighted by atomic mass is 16.5. The third-order valence-electron chi connectivity index (χ3n) is 3.09. The molecule has 5 heteroatoms. The Labute approximate surface area is 119 Å². The van der Waals surface area contributed by atoms with Crippen LogP contribution < -0.4 is 10.1 Å². The standard InChI is InChI=1S/C15H21N3O2/c1-16-15(13-8-9-18(2)17-13)12-6-4-5-7-14(12)20-11-10-19-3/h4-9,15-16H,10-11H2,1-3H3. The predicted molar refractivity (Wildman–Crippen MR) is 77.9 cm³/mol. The maximum atomic E-state index is 5.79. The number of para-hydroxylation sites is 1. The van der Waals surface area contributed by atoms with E-state index in [-0.39, 0.29) is 6.04 Å². The number of benzene rings is 1. The van der Waals surface area contributed by atoms with E-state index in [9.17, 15) is 0 Å². The highest BCUT2D eigenvalue weighted by molar-refractivity contribution is 5.39. The van der Waals surface area contributed by atoms with Gasteiger partial charge in [0.15, 0.2) is 0 Å². The zero-order valence-corrected chi connectivity index (χ0v) is 12.2. The third-order valence-corrected chi connectivity index (χ3v) is 3.09. The fourth-order valence-electron chi connectivity index (χ4n) is 2.14. The first kappa shape index (κ1) is 14.6. The summed E-state index contributed by atoms with van der Waals surface area (Å²) in [6.45, 7) is 1.11. The summed E-state index contributed by atoms with van der Waals surface area (Å²) in [4.78, 5) is 0. The maximum absolute atomic E-state index is 5.79. The van der Waals surface area contributed by atoms with Gasteiger partial charge in [0, 0.05) is 25.9 Å². The summed E-state index contributed by atoms with van der Waals surface area (Å²) in [6.07, 6.45) is 1.94. The molecule has 1 unspecified atom stereocenters. The van der Waals surface area contributed by atoms with E-state index in [4.69, 9.17) is 9.47 Å². The highest BCUT2D eigenvalue weighted by Gasteiger charge is 2.18. The number of rotatable bonds is 7. The quantitative estimate of drug-likeness (QED) is 0.782. The lowest BCUT2D eigenvalue weighted by Gasteiger charge is -2.18. The number of hydrogen-bond acceptors (Lipinski definition) is 4. The van der Waals surface area contributed by atoms with Crippen molar-refractivity contribution in [2.45, 2.75) is 6.04 Å². The number of nitrogens with zero attached hydrogens (tertiary/aromatic N) is 2. The summed E-state index contributed by atoms with van der Waals surface area (Å²) in [5, 5.41) is 7.76. The van der Waals surface area contributed by atoms with Crippen molar-refractivity contribution in [2.24, 2.45) is 7.05 Å². The molecule has 1 atom stereocenters. The first-order valence-electron chi connectivity index (χ1n) is 6.63. The van der Waals surface area contributed by atoms with E-state index in [1.165, 1.54) is 0 Å². The summed E-state index contributed by atoms with van der Waals surface area (Å²) < 4.78 is 12.6. The molecule has 0 saturated carbocycles. The zero-order chi connectivity index (χ0) is 14.4. The summed E-state index contributed by atoms with van der Waals surface area (Å²) >= 11 is 0. The van der Waals surface area contributed by atoms with Crippen molar-refractivity contribution >= 4 is 0 Å². The molecule has 0 fully saturated rings. The number of ether oxygens (including phenoxy) is 2. The molecule has 0 bridgehead atoms. The number of hydrogen-bond donors (Lipinski definition) is 1. The predicted octanol–water partition coefficient (Wildman–Crippen LogP) is 1.75. The lowest BCUT2D eigenvalue weighted by Crippen LogP contribution is -2.20. The second-order valence-electron chi connectivity index (χ2n) is 4.52. The summed E-state index contributed by atoms with van der Waals surface area (Å²) in [5.74, 6) is 0.856. The van der Waals surface area contributed by atoms with E-state index >= 15 is 0 Å². The molecule has 1 heterocycles. The van der Waals surface area contributed by atoms with Gasteiger partial charge < -0.3 is 14.8 Å². The van der Waals surface area contributed by atoms with Crippen molar-refractivity contribution in [3.63, 3.8) is 0 Å². The third kappa shape index (κ3) is 3.37. The molecular weight excluding hydrogens is 254 g/mol. The molecule has 2 rings (SSSR count). The van der Waals surface area contributed by atoms with Crippen LogP contribution in [0.2, 0.25) is 0 Å². The maximum Gasteiger partial charge on any atom is 0.124 e. The summed E-state index contributed by atoms with van der Waals surface area (Å²) in [7, 11) is 5.50. The van der Waals surface area contributed by atoms with Crippen LogP contribution in [0.1, 0.15) is 17.3 Å². The van der Waals surface area contributed by atoms with E-state index in [0.717, 1.165) is 17.0 Å². The molecule has 0 aliphatic rings. The Morgan fingerprint density at radius 2 is 2.05 bits per heavy atom. The van der Waals surface area contributed by atoms with Crippen LogP contribution in [0.4, 0.5) is 0 Å². The SMILES string of the molecule is CNC(c1ccn(C)n1)c1ccccc1OCCOC. The molecule has 0 aliphatic heterocycles. The highest BCUT2D eigenvalue weighted by Crippen LogP contribution is 2.28. The van der Waals surface area contributed by atoms with Crippen LogP contribution in [-0.4, -0.2) is 37.2 Å². The van der Waals surface area contributed by atoms with Gasteiger partial charge in [-0.2, -0.15) is 5.10 Å². The molecule has 1 aromatic carbocycles. The molecular formula is C15H21N3O2. The number of aryl methyl sites for hydroxylation is 1. The van der Waals surface area contributed by atoms with Crippen LogP contribution in [0.25, 0.3) is 0 Å². The first-order valence-corrected chi connectivity index (χ1v) is 6.63. The Morgan fingerprint density at radius 1 is 1.25 bits per heavy atom. The van der Waals surface area contributed by atoms with Crippen molar-refractivity contribution < 1.29 is 9.47 Å². The van der Waals surface area contributed by atoms with E-state index in [1.807, 2.05) is 44.6 Å². The minimum absolute atomic E-state index is 0.00921. The zero-order valence-electron chi connectivity index (χ0n) is 12.2. The smallest absolute Gasteiger partial charge is 0.124 e. The number of methoxy groups -OCH3 is 1. The van der Waals surface area contributed by atoms with Crippen LogP contribution in [0.15, 0.2) is 36.5 Å². The molecule has 5 nitrogen and oxygen atoms in total. The molecule has 108 valence electrons. The summed E-state index contributed by atoms with van der Waals surface area (Å²) in [6, 6.07) is 10.0. The van der Waals surface area contributed by atoms with Gasteiger partial charge in [-0.15, -0.1) is 0 Å². The second kappa shape index (κ2) is 7.07. The van der Waals surface area contributed by atoms with Gasteiger partial charge in [0.1, 0.15) is 12.4 Å². The van der Waals surface area contributed by atoms with Crippen molar-refractivity contribution in [3.05, 3.63) is 47.8 Å². The van der Waals surface area contributed by atoms with Gasteiger partial charge in [0.2, 0.25) is 0 Å². The van der Waals surface area contributed by atoms with Gasteiger partial charge in [0.25, 0.3) is 0 Å². The van der Waals surface area contributed by atoms with Crippen LogP contribution >= 0.6 is 0 Å². The van der Waals surface area contributed by atoms with Crippen LogP contribution in [0, 0.1) is 0 Å². The van der Waals surface area contributed by atoms with Crippen molar-refractivity contribution in [3.8, 4) is 5.75 Å². The number of aromatic nitrogens is 2. The molecule has 0 aliphatic carbocycles. The molecule has 1 N–H and O–H groups in total. The average Bonchev–Trinajstić information content (AvgIpc) is 2.88. The molecule has 2 aromatic rings. The molecule has 20 heavy (non-hydrogen) atoms. The Morgan fingerprint density at radius 3 is 2.70 bits per heavy atom. The molecule has 1 aromatic heterocycles. The Balaban J connectivity index is 2.25. The first-order chi connectivity index (χ1) is 9.76. The van der Waals surface area contributed by atoms with Crippen LogP contribution in [-0.2, 0) is 11.8 Å². The van der Waals surface area contributed by atoms with E-state index in [1.54, 1.807) is 11.8 Å². The topological polar surface area (TPSA) is 48.3 Å². The van der Waals surface area contributed by atoms with Gasteiger partial charge in [0.05, 0.1) is 18.3 Å². The van der Waals surface area contributed by atoms with E-state index < -0.39 is 0 Å². The molecule has 0 saturated heterocycles. The lowest BCUT2D eigenvalue weighted by atomic mass is 10.0. The Hall–Kier alpha value is -1.85. The van der Waals surface area contributed by atoms with Gasteiger partial charge in [-0.25, -0.2) is 0 Å². The molecule has 0 radical (unpaired) electrons. The van der Waals surface area contributed by atoms with Crippen molar-refractivity contribution in [2.75, 3.05) is 27.4 Å². The fraction of sp³-hybridized carbons (Fsp3) is 0.400. The van der Waals surface area contributed by atoms with Gasteiger partial charge in [-0.3, -0.25) is 4.68 Å². The fourth-order valence-corrected chi connectivity index (χ4v) is 2.14. The molecule has 0 amide bonds. The van der Waals surface area contributed by atoms with Gasteiger partial charge >= 0.3 is 0 Å². The van der Waals surface area contributed by atoms with E-state index in [0.29, 0.717) is 13.2 Å². The van der Waals surface area contributed by atoms with Crippen molar-refractivity contribution in [1.29, 1.82) is 0 Å². The van der Waals surface area contributed by atoms with Gasteiger partial charge in [-0.1, -0.05) is 18.2 Å². The monoisotopic (exact) mass is 275 g/mol. The largest absolute Gasteiger partial charge is 0.491 e.